The number of hydrogen-bond donors (Lipinski definition) is 4. The summed E-state index contributed by atoms with van der Waals surface area (Å²) in [6, 6.07) is 8.41. The molecule has 2 aliphatic heterocycles. The monoisotopic (exact) mass is 687 g/mol. The fourth-order valence-electron chi connectivity index (χ4n) is 5.20. The van der Waals surface area contributed by atoms with Gasteiger partial charge in [-0.3, -0.25) is 20.4 Å². The van der Waals surface area contributed by atoms with E-state index in [1.807, 2.05) is 0 Å². The number of aromatic nitrogens is 4. The van der Waals surface area contributed by atoms with Gasteiger partial charge < -0.3 is 20.1 Å². The van der Waals surface area contributed by atoms with Crippen LogP contribution in [0.5, 0.6) is 0 Å². The molecule has 0 radical (unpaired) electrons. The van der Waals surface area contributed by atoms with Crippen LogP contribution >= 0.6 is 11.6 Å². The number of carbonyl (C=O) groups is 3. The predicted molar refractivity (Wildman–Crippen MR) is 169 cm³/mol. The van der Waals surface area contributed by atoms with Gasteiger partial charge in [-0.05, 0) is 71.8 Å². The maximum Gasteiger partial charge on any atom is 0.426 e. The molecule has 2 unspecified atom stereocenters. The molecule has 3 aromatic rings. The summed E-state index contributed by atoms with van der Waals surface area (Å²) in [7, 11) is 1.98. The lowest BCUT2D eigenvalue weighted by molar-refractivity contribution is -0.189. The molecule has 18 heteroatoms. The molecule has 3 heterocycles. The number of fused-ring (bicyclic) bond motifs is 3. The summed E-state index contributed by atoms with van der Waals surface area (Å²) >= 11 is 6.18. The number of rotatable bonds is 6. The molecule has 4 N–H and O–H groups in total. The van der Waals surface area contributed by atoms with Gasteiger partial charge in [0.05, 0.1) is 31.7 Å². The van der Waals surface area contributed by atoms with E-state index in [-0.39, 0.29) is 36.3 Å². The SMILES string of the molecule is COC(=O)Nc1ccc2c(c1)N[C@@](C(=O)OC)(C(F)(F)F)C=CCCC(NC(=O)C=Cc1cc(Cl)ccc1-n1cnnn1)C1N=C2CN1. The van der Waals surface area contributed by atoms with Gasteiger partial charge in [-0.2, -0.15) is 17.9 Å². The van der Waals surface area contributed by atoms with Crippen molar-refractivity contribution in [3.8, 4) is 5.69 Å². The lowest BCUT2D eigenvalue weighted by atomic mass is 9.94. The van der Waals surface area contributed by atoms with E-state index in [1.165, 1.54) is 47.4 Å². The van der Waals surface area contributed by atoms with Gasteiger partial charge >= 0.3 is 18.2 Å². The number of methoxy groups -OCH3 is 2. The van der Waals surface area contributed by atoms with Crippen molar-refractivity contribution in [3.63, 3.8) is 0 Å². The molecule has 5 rings (SSSR count). The molecule has 2 aromatic carbocycles. The van der Waals surface area contributed by atoms with Crippen LogP contribution in [0.3, 0.4) is 0 Å². The molecule has 1 aromatic heterocycles. The number of amides is 2. The molecular formula is C30H29ClF3N9O5. The maximum absolute atomic E-state index is 14.8. The number of benzene rings is 2. The third-order valence-electron chi connectivity index (χ3n) is 7.54. The zero-order valence-electron chi connectivity index (χ0n) is 25.4. The molecule has 14 nitrogen and oxygen atoms in total. The second kappa shape index (κ2) is 14.2. The number of halogens is 4. The normalized spacial score (nSPS) is 20.8. The third-order valence-corrected chi connectivity index (χ3v) is 7.78. The highest BCUT2D eigenvalue weighted by Crippen LogP contribution is 2.38. The number of hydrogen-bond acceptors (Lipinski definition) is 11. The highest BCUT2D eigenvalue weighted by atomic mass is 35.5. The molecule has 2 bridgehead atoms. The minimum atomic E-state index is -5.16. The molecule has 2 amide bonds. The molecule has 0 saturated carbocycles. The van der Waals surface area contributed by atoms with E-state index in [2.05, 4.69) is 46.3 Å². The number of carbonyl (C=O) groups excluding carboxylic acids is 3. The molecule has 0 fully saturated rings. The minimum absolute atomic E-state index is 0.0166. The average Bonchev–Trinajstić information content (AvgIpc) is 3.77. The third kappa shape index (κ3) is 7.31. The van der Waals surface area contributed by atoms with E-state index < -0.39 is 41.9 Å². The summed E-state index contributed by atoms with van der Waals surface area (Å²) in [5, 5.41) is 22.4. The predicted octanol–water partition coefficient (Wildman–Crippen LogP) is 3.65. The van der Waals surface area contributed by atoms with Crippen LogP contribution in [0.25, 0.3) is 11.8 Å². The standard InChI is InChI=1S/C30H29ClF3N9O5/c1-47-27(45)29(30(32,33)34)12-4-3-5-21(38-25(44)11-6-17-13-18(31)7-10-24(17)43-16-36-41-42-43)26-35-15-23(39-26)20-9-8-19(14-22(20)40-29)37-28(46)48-2/h4,6-14,16,21,26,35,40H,3,5,15H2,1-2H3,(H,37,46)(H,38,44)/t21?,26?,29-/m0/s1. The van der Waals surface area contributed by atoms with Crippen LogP contribution in [0.1, 0.15) is 24.0 Å². The molecule has 0 saturated heterocycles. The summed E-state index contributed by atoms with van der Waals surface area (Å²) in [6.45, 7) is 0.119. The lowest BCUT2D eigenvalue weighted by Gasteiger charge is -2.33. The number of ether oxygens (including phenoxy) is 2. The van der Waals surface area contributed by atoms with Crippen molar-refractivity contribution in [2.75, 3.05) is 31.4 Å². The summed E-state index contributed by atoms with van der Waals surface area (Å²) in [4.78, 5) is 42.6. The molecule has 252 valence electrons. The van der Waals surface area contributed by atoms with Crippen LogP contribution in [-0.4, -0.2) is 88.6 Å². The van der Waals surface area contributed by atoms with Crippen molar-refractivity contribution >= 4 is 52.7 Å². The molecule has 48 heavy (non-hydrogen) atoms. The summed E-state index contributed by atoms with van der Waals surface area (Å²) in [6.07, 6.45) is -0.417. The van der Waals surface area contributed by atoms with Gasteiger partial charge in [-0.15, -0.1) is 5.10 Å². The van der Waals surface area contributed by atoms with E-state index in [1.54, 1.807) is 18.2 Å². The Bertz CT molecular complexity index is 1780. The summed E-state index contributed by atoms with van der Waals surface area (Å²) < 4.78 is 55.0. The van der Waals surface area contributed by atoms with E-state index in [9.17, 15) is 27.6 Å². The first-order valence-electron chi connectivity index (χ1n) is 14.4. The highest BCUT2D eigenvalue weighted by molar-refractivity contribution is 6.30. The molecule has 2 aliphatic rings. The van der Waals surface area contributed by atoms with Crippen molar-refractivity contribution in [3.05, 3.63) is 77.1 Å². The smallest absolute Gasteiger partial charge is 0.426 e. The fourth-order valence-corrected chi connectivity index (χ4v) is 5.38. The molecule has 3 atom stereocenters. The zero-order valence-corrected chi connectivity index (χ0v) is 26.2. The first kappa shape index (κ1) is 34.1. The Labute approximate surface area is 276 Å². The van der Waals surface area contributed by atoms with Crippen molar-refractivity contribution in [1.29, 1.82) is 0 Å². The van der Waals surface area contributed by atoms with Crippen LogP contribution in [0, 0.1) is 0 Å². The highest BCUT2D eigenvalue weighted by Gasteiger charge is 2.60. The van der Waals surface area contributed by atoms with E-state index in [0.29, 0.717) is 28.1 Å². The van der Waals surface area contributed by atoms with Crippen LogP contribution in [-0.2, 0) is 19.1 Å². The topological polar surface area (TPSA) is 174 Å². The molecule has 0 aliphatic carbocycles. The van der Waals surface area contributed by atoms with Gasteiger partial charge in [-0.1, -0.05) is 17.7 Å². The number of esters is 1. The Morgan fingerprint density at radius 1 is 1.15 bits per heavy atom. The van der Waals surface area contributed by atoms with Crippen LogP contribution in [0.2, 0.25) is 5.02 Å². The van der Waals surface area contributed by atoms with Crippen molar-refractivity contribution in [1.82, 2.24) is 30.8 Å². The fraction of sp³-hybridized carbons (Fsp3) is 0.300. The minimum Gasteiger partial charge on any atom is -0.467 e. The second-order valence-corrected chi connectivity index (χ2v) is 11.0. The average molecular weight is 688 g/mol. The summed E-state index contributed by atoms with van der Waals surface area (Å²) in [5.74, 6) is -2.12. The van der Waals surface area contributed by atoms with Crippen LogP contribution in [0.4, 0.5) is 29.3 Å². The van der Waals surface area contributed by atoms with Crippen molar-refractivity contribution < 1.29 is 37.0 Å². The van der Waals surface area contributed by atoms with E-state index >= 15 is 0 Å². The zero-order chi connectivity index (χ0) is 34.5. The number of aliphatic imine (C=N–C) groups is 1. The Morgan fingerprint density at radius 3 is 2.67 bits per heavy atom. The first-order chi connectivity index (χ1) is 22.9. The molecular weight excluding hydrogens is 659 g/mol. The van der Waals surface area contributed by atoms with Crippen molar-refractivity contribution in [2.45, 2.75) is 36.8 Å². The van der Waals surface area contributed by atoms with Crippen LogP contribution < -0.4 is 21.3 Å². The number of allylic oxidation sites excluding steroid dienone is 1. The van der Waals surface area contributed by atoms with E-state index in [0.717, 1.165) is 14.2 Å². The Morgan fingerprint density at radius 2 is 1.96 bits per heavy atom. The van der Waals surface area contributed by atoms with Gasteiger partial charge in [0.2, 0.25) is 5.91 Å². The second-order valence-electron chi connectivity index (χ2n) is 10.6. The number of tetrazole rings is 1. The quantitative estimate of drug-likeness (QED) is 0.170. The first-order valence-corrected chi connectivity index (χ1v) is 14.7. The van der Waals surface area contributed by atoms with Gasteiger partial charge in [0.15, 0.2) is 0 Å². The summed E-state index contributed by atoms with van der Waals surface area (Å²) in [5.41, 5.74) is -1.71. The van der Waals surface area contributed by atoms with Gasteiger partial charge in [0, 0.05) is 40.1 Å². The number of alkyl halides is 3. The molecule has 0 spiro atoms. The maximum atomic E-state index is 14.8. The number of anilines is 2. The van der Waals surface area contributed by atoms with Crippen LogP contribution in [0.15, 0.2) is 65.9 Å². The Kier molecular flexibility index (Phi) is 10.1. The van der Waals surface area contributed by atoms with Gasteiger partial charge in [0.1, 0.15) is 12.5 Å². The van der Waals surface area contributed by atoms with Crippen molar-refractivity contribution in [2.24, 2.45) is 4.99 Å². The van der Waals surface area contributed by atoms with Gasteiger partial charge in [-0.25, -0.2) is 9.59 Å². The Balaban J connectivity index is 1.49. The number of nitrogens with one attached hydrogen (secondary N) is 4. The van der Waals surface area contributed by atoms with E-state index in [4.69, 9.17) is 16.6 Å². The Hall–Kier alpha value is -5.29. The van der Waals surface area contributed by atoms with Gasteiger partial charge in [0.25, 0.3) is 5.54 Å². The largest absolute Gasteiger partial charge is 0.467 e. The number of nitrogens with zero attached hydrogens (tertiary/aromatic N) is 5. The lowest BCUT2D eigenvalue weighted by Crippen LogP contribution is -2.57.